The van der Waals surface area contributed by atoms with Gasteiger partial charge in [-0.05, 0) is 30.1 Å². The first-order valence-corrected chi connectivity index (χ1v) is 7.43. The molecule has 1 saturated carbocycles. The fourth-order valence-corrected chi connectivity index (χ4v) is 3.08. The number of hydrogen-bond donors (Lipinski definition) is 1. The second-order valence-corrected chi connectivity index (χ2v) is 7.08. The summed E-state index contributed by atoms with van der Waals surface area (Å²) < 4.78 is 0. The van der Waals surface area contributed by atoms with Crippen molar-refractivity contribution in [2.45, 2.75) is 66.1 Å². The van der Waals surface area contributed by atoms with Gasteiger partial charge in [0, 0.05) is 6.54 Å². The van der Waals surface area contributed by atoms with Crippen LogP contribution in [0, 0.1) is 17.3 Å². The molecule has 0 aromatic carbocycles. The highest BCUT2D eigenvalue weighted by Gasteiger charge is 2.49. The summed E-state index contributed by atoms with van der Waals surface area (Å²) in [6, 6.07) is 0.0595. The maximum absolute atomic E-state index is 12.4. The molecule has 1 saturated heterocycles. The zero-order valence-corrected chi connectivity index (χ0v) is 12.5. The van der Waals surface area contributed by atoms with Crippen LogP contribution in [0.25, 0.3) is 0 Å². The van der Waals surface area contributed by atoms with E-state index in [1.54, 1.807) is 0 Å². The Kier molecular flexibility index (Phi) is 3.72. The topological polar surface area (TPSA) is 32.3 Å². The molecule has 3 atom stereocenters. The van der Waals surface area contributed by atoms with E-state index in [0.717, 1.165) is 19.4 Å². The third-order valence-corrected chi connectivity index (χ3v) is 4.63. The Hall–Kier alpha value is -0.570. The van der Waals surface area contributed by atoms with Crippen molar-refractivity contribution in [2.24, 2.45) is 17.3 Å². The van der Waals surface area contributed by atoms with Crippen LogP contribution in [0.4, 0.5) is 0 Å². The van der Waals surface area contributed by atoms with Crippen molar-refractivity contribution in [1.29, 1.82) is 0 Å². The molecular weight excluding hydrogens is 224 g/mol. The molecule has 0 radical (unpaired) electrons. The van der Waals surface area contributed by atoms with Gasteiger partial charge in [0.1, 0.15) is 0 Å². The zero-order chi connectivity index (χ0) is 13.5. The van der Waals surface area contributed by atoms with Crippen LogP contribution in [0.2, 0.25) is 0 Å². The summed E-state index contributed by atoms with van der Waals surface area (Å²) in [6.45, 7) is 12.1. The van der Waals surface area contributed by atoms with E-state index in [9.17, 15) is 4.79 Å². The Morgan fingerprint density at radius 3 is 2.50 bits per heavy atom. The van der Waals surface area contributed by atoms with Crippen molar-refractivity contribution < 1.29 is 4.79 Å². The highest BCUT2D eigenvalue weighted by Crippen LogP contribution is 2.52. The third kappa shape index (κ3) is 2.56. The minimum absolute atomic E-state index is 0.0595. The number of rotatable bonds is 5. The van der Waals surface area contributed by atoms with Gasteiger partial charge in [-0.1, -0.05) is 41.0 Å². The van der Waals surface area contributed by atoms with E-state index in [4.69, 9.17) is 0 Å². The molecule has 1 amide bonds. The molecule has 1 heterocycles. The summed E-state index contributed by atoms with van der Waals surface area (Å²) in [7, 11) is 0. The lowest BCUT2D eigenvalue weighted by atomic mass is 10.1. The van der Waals surface area contributed by atoms with E-state index in [1.807, 2.05) is 0 Å². The van der Waals surface area contributed by atoms with Crippen molar-refractivity contribution in [3.63, 3.8) is 0 Å². The predicted molar refractivity (Wildman–Crippen MR) is 74.1 cm³/mol. The molecule has 104 valence electrons. The first-order chi connectivity index (χ1) is 8.36. The molecule has 2 fully saturated rings. The Balaban J connectivity index is 2.03. The fraction of sp³-hybridized carbons (Fsp3) is 0.933. The third-order valence-electron chi connectivity index (χ3n) is 4.63. The number of carbonyl (C=O) groups is 1. The maximum atomic E-state index is 12.4. The molecule has 3 heteroatoms. The lowest BCUT2D eigenvalue weighted by molar-refractivity contribution is -0.131. The Labute approximate surface area is 111 Å². The number of nitrogens with one attached hydrogen (secondary N) is 1. The minimum Gasteiger partial charge on any atom is -0.325 e. The van der Waals surface area contributed by atoms with E-state index in [2.05, 4.69) is 44.8 Å². The summed E-state index contributed by atoms with van der Waals surface area (Å²) in [4.78, 5) is 14.6. The van der Waals surface area contributed by atoms with Crippen LogP contribution >= 0.6 is 0 Å². The van der Waals surface area contributed by atoms with E-state index in [0.29, 0.717) is 23.2 Å². The SMILES string of the molecule is CCCC1NC(C(C)C)N(CC2CC2(C)C)C1=O. The molecule has 1 aliphatic carbocycles. The maximum Gasteiger partial charge on any atom is 0.241 e. The van der Waals surface area contributed by atoms with Gasteiger partial charge in [-0.25, -0.2) is 0 Å². The smallest absolute Gasteiger partial charge is 0.241 e. The highest BCUT2D eigenvalue weighted by molar-refractivity contribution is 5.84. The van der Waals surface area contributed by atoms with Crippen LogP contribution in [0.1, 0.15) is 53.9 Å². The molecule has 0 aromatic heterocycles. The zero-order valence-electron chi connectivity index (χ0n) is 12.5. The number of carbonyl (C=O) groups excluding carboxylic acids is 1. The Bertz CT molecular complexity index is 324. The summed E-state index contributed by atoms with van der Waals surface area (Å²) in [5, 5.41) is 3.53. The van der Waals surface area contributed by atoms with Crippen LogP contribution < -0.4 is 5.32 Å². The number of nitrogens with zero attached hydrogens (tertiary/aromatic N) is 1. The van der Waals surface area contributed by atoms with E-state index in [1.165, 1.54) is 6.42 Å². The largest absolute Gasteiger partial charge is 0.325 e. The standard InChI is InChI=1S/C15H28N2O/c1-6-7-12-14(18)17(13(16-12)10(2)3)9-11-8-15(11,4)5/h10-13,16H,6-9H2,1-5H3. The molecule has 0 spiro atoms. The second kappa shape index (κ2) is 4.84. The summed E-state index contributed by atoms with van der Waals surface area (Å²) in [6.07, 6.45) is 3.54. The van der Waals surface area contributed by atoms with Crippen molar-refractivity contribution >= 4 is 5.91 Å². The van der Waals surface area contributed by atoms with Gasteiger partial charge in [0.25, 0.3) is 0 Å². The van der Waals surface area contributed by atoms with Gasteiger partial charge < -0.3 is 4.90 Å². The van der Waals surface area contributed by atoms with E-state index >= 15 is 0 Å². The fourth-order valence-electron chi connectivity index (χ4n) is 3.08. The molecule has 3 nitrogen and oxygen atoms in total. The van der Waals surface area contributed by atoms with Crippen molar-refractivity contribution in [3.05, 3.63) is 0 Å². The molecule has 1 aliphatic heterocycles. The van der Waals surface area contributed by atoms with Crippen LogP contribution in [0.3, 0.4) is 0 Å². The number of amides is 1. The van der Waals surface area contributed by atoms with Gasteiger partial charge in [0.15, 0.2) is 0 Å². The summed E-state index contributed by atoms with van der Waals surface area (Å²) in [5.74, 6) is 1.51. The number of hydrogen-bond acceptors (Lipinski definition) is 2. The lowest BCUT2D eigenvalue weighted by Crippen LogP contribution is -2.42. The van der Waals surface area contributed by atoms with Crippen LogP contribution in [0.15, 0.2) is 0 Å². The van der Waals surface area contributed by atoms with Crippen LogP contribution in [-0.2, 0) is 4.79 Å². The molecule has 3 unspecified atom stereocenters. The average Bonchev–Trinajstić information content (AvgIpc) is 2.75. The molecule has 1 N–H and O–H groups in total. The molecule has 2 rings (SSSR count). The van der Waals surface area contributed by atoms with Crippen LogP contribution in [-0.4, -0.2) is 29.6 Å². The van der Waals surface area contributed by atoms with Gasteiger partial charge >= 0.3 is 0 Å². The first kappa shape index (κ1) is 13.9. The highest BCUT2D eigenvalue weighted by atomic mass is 16.2. The first-order valence-electron chi connectivity index (χ1n) is 7.43. The molecule has 0 aromatic rings. The monoisotopic (exact) mass is 252 g/mol. The van der Waals surface area contributed by atoms with Crippen molar-refractivity contribution in [2.75, 3.05) is 6.54 Å². The summed E-state index contributed by atoms with van der Waals surface area (Å²) >= 11 is 0. The van der Waals surface area contributed by atoms with Crippen molar-refractivity contribution in [1.82, 2.24) is 10.2 Å². The van der Waals surface area contributed by atoms with Gasteiger partial charge in [-0.2, -0.15) is 0 Å². The summed E-state index contributed by atoms with van der Waals surface area (Å²) in [5.41, 5.74) is 0.449. The Morgan fingerprint density at radius 1 is 1.44 bits per heavy atom. The Morgan fingerprint density at radius 2 is 2.06 bits per heavy atom. The lowest BCUT2D eigenvalue weighted by Gasteiger charge is -2.27. The quantitative estimate of drug-likeness (QED) is 0.816. The van der Waals surface area contributed by atoms with Gasteiger partial charge in [0.2, 0.25) is 5.91 Å². The molecular formula is C15H28N2O. The van der Waals surface area contributed by atoms with Crippen molar-refractivity contribution in [3.8, 4) is 0 Å². The second-order valence-electron chi connectivity index (χ2n) is 7.08. The van der Waals surface area contributed by atoms with E-state index < -0.39 is 0 Å². The average molecular weight is 252 g/mol. The van der Waals surface area contributed by atoms with Gasteiger partial charge in [-0.3, -0.25) is 10.1 Å². The van der Waals surface area contributed by atoms with E-state index in [-0.39, 0.29) is 12.2 Å². The minimum atomic E-state index is 0.0595. The normalized spacial score (nSPS) is 34.4. The molecule has 18 heavy (non-hydrogen) atoms. The molecule has 0 bridgehead atoms. The van der Waals surface area contributed by atoms with Gasteiger partial charge in [-0.15, -0.1) is 0 Å². The molecule has 2 aliphatic rings. The van der Waals surface area contributed by atoms with Gasteiger partial charge in [0.05, 0.1) is 12.2 Å². The van der Waals surface area contributed by atoms with Crippen LogP contribution in [0.5, 0.6) is 0 Å². The predicted octanol–water partition coefficient (Wildman–Crippen LogP) is 2.62.